The largest absolute Gasteiger partial charge is 0.366 e. The van der Waals surface area contributed by atoms with Crippen molar-refractivity contribution in [1.82, 2.24) is 35.1 Å². The van der Waals surface area contributed by atoms with Crippen molar-refractivity contribution < 1.29 is 4.39 Å². The van der Waals surface area contributed by atoms with Gasteiger partial charge in [-0.25, -0.2) is 13.9 Å². The fraction of sp³-hybridized carbons (Fsp3) is 0.172. The Morgan fingerprint density at radius 2 is 1.89 bits per heavy atom. The van der Waals surface area contributed by atoms with Gasteiger partial charge in [0.2, 0.25) is 0 Å². The average Bonchev–Trinajstić information content (AvgIpc) is 3.76. The van der Waals surface area contributed by atoms with Crippen LogP contribution >= 0.6 is 0 Å². The molecular weight excluding hydrogens is 479 g/mol. The number of fused-ring (bicyclic) bond motifs is 4. The number of hydrogen-bond acceptors (Lipinski definition) is 6. The highest BCUT2D eigenvalue weighted by molar-refractivity contribution is 6.02. The van der Waals surface area contributed by atoms with Gasteiger partial charge in [0.1, 0.15) is 11.5 Å². The van der Waals surface area contributed by atoms with Crippen LogP contribution in [0.15, 0.2) is 79.4 Å². The van der Waals surface area contributed by atoms with Gasteiger partial charge in [0, 0.05) is 66.0 Å². The molecule has 9 heteroatoms. The van der Waals surface area contributed by atoms with Crippen molar-refractivity contribution in [2.75, 3.05) is 18.0 Å². The molecule has 6 heterocycles. The van der Waals surface area contributed by atoms with Gasteiger partial charge >= 0.3 is 0 Å². The number of pyridine rings is 1. The smallest absolute Gasteiger partial charge is 0.164 e. The van der Waals surface area contributed by atoms with E-state index in [1.807, 2.05) is 54.7 Å². The van der Waals surface area contributed by atoms with Crippen LogP contribution in [0.5, 0.6) is 0 Å². The van der Waals surface area contributed by atoms with Crippen molar-refractivity contribution in [3.05, 3.63) is 85.2 Å². The van der Waals surface area contributed by atoms with E-state index in [9.17, 15) is 0 Å². The topological polar surface area (TPSA) is 87.0 Å². The van der Waals surface area contributed by atoms with Gasteiger partial charge in [0.15, 0.2) is 5.65 Å². The van der Waals surface area contributed by atoms with Crippen molar-refractivity contribution in [3.63, 3.8) is 0 Å². The maximum atomic E-state index is 15.8. The summed E-state index contributed by atoms with van der Waals surface area (Å²) in [6.07, 6.45) is 8.14. The van der Waals surface area contributed by atoms with Crippen LogP contribution in [-0.4, -0.2) is 55.0 Å². The SMILES string of the molecule is Fc1cc(N2CC3C[C@H]2CN3)ccc1-c1ccnc2c(-c3cccc4[nH]ncc34)c(-c3ccncc3)nn12. The highest BCUT2D eigenvalue weighted by Gasteiger charge is 2.37. The normalized spacial score (nSPS) is 18.7. The summed E-state index contributed by atoms with van der Waals surface area (Å²) in [6, 6.07) is 18.2. The number of H-pyrrole nitrogens is 1. The molecule has 186 valence electrons. The number of rotatable bonds is 4. The average molecular weight is 503 g/mol. The second-order valence-corrected chi connectivity index (χ2v) is 9.97. The van der Waals surface area contributed by atoms with Crippen molar-refractivity contribution in [2.45, 2.75) is 18.5 Å². The summed E-state index contributed by atoms with van der Waals surface area (Å²) in [4.78, 5) is 11.2. The molecule has 0 radical (unpaired) electrons. The van der Waals surface area contributed by atoms with Gasteiger partial charge in [-0.1, -0.05) is 12.1 Å². The first-order valence-electron chi connectivity index (χ1n) is 12.7. The number of nitrogens with one attached hydrogen (secondary N) is 2. The number of aromatic amines is 1. The molecular formula is C29H23FN8. The fourth-order valence-corrected chi connectivity index (χ4v) is 6.06. The Labute approximate surface area is 217 Å². The lowest BCUT2D eigenvalue weighted by Crippen LogP contribution is -2.43. The zero-order chi connectivity index (χ0) is 25.2. The number of benzene rings is 2. The van der Waals surface area contributed by atoms with E-state index in [-0.39, 0.29) is 5.82 Å². The summed E-state index contributed by atoms with van der Waals surface area (Å²) in [5.74, 6) is -0.273. The quantitative estimate of drug-likeness (QED) is 0.364. The lowest BCUT2D eigenvalue weighted by Gasteiger charge is -2.29. The Balaban J connectivity index is 1.33. The zero-order valence-corrected chi connectivity index (χ0v) is 20.3. The highest BCUT2D eigenvalue weighted by Crippen LogP contribution is 2.39. The molecule has 1 unspecified atom stereocenters. The van der Waals surface area contributed by atoms with E-state index in [1.54, 1.807) is 29.2 Å². The molecule has 8 nitrogen and oxygen atoms in total. The Hall–Kier alpha value is -4.63. The van der Waals surface area contributed by atoms with E-state index < -0.39 is 0 Å². The molecule has 2 aromatic carbocycles. The Bertz CT molecular complexity index is 1830. The maximum Gasteiger partial charge on any atom is 0.164 e. The van der Waals surface area contributed by atoms with Gasteiger partial charge in [-0.15, -0.1) is 0 Å². The van der Waals surface area contributed by atoms with Crippen LogP contribution in [-0.2, 0) is 0 Å². The molecule has 0 amide bonds. The van der Waals surface area contributed by atoms with Gasteiger partial charge in [0.05, 0.1) is 23.0 Å². The lowest BCUT2D eigenvalue weighted by atomic mass is 9.99. The van der Waals surface area contributed by atoms with Crippen LogP contribution in [0, 0.1) is 5.82 Å². The van der Waals surface area contributed by atoms with Crippen LogP contribution < -0.4 is 10.2 Å². The Morgan fingerprint density at radius 1 is 0.974 bits per heavy atom. The number of hydrogen-bond donors (Lipinski definition) is 2. The fourth-order valence-electron chi connectivity index (χ4n) is 6.06. The molecule has 2 aliphatic heterocycles. The van der Waals surface area contributed by atoms with Crippen LogP contribution in [0.1, 0.15) is 6.42 Å². The van der Waals surface area contributed by atoms with E-state index in [0.29, 0.717) is 29.0 Å². The second kappa shape index (κ2) is 8.19. The van der Waals surface area contributed by atoms with E-state index in [2.05, 4.69) is 25.4 Å². The third-order valence-corrected chi connectivity index (χ3v) is 7.84. The van der Waals surface area contributed by atoms with Crippen LogP contribution in [0.25, 0.3) is 50.2 Å². The van der Waals surface area contributed by atoms with E-state index in [1.165, 1.54) is 0 Å². The Kier molecular flexibility index (Phi) is 4.62. The number of nitrogens with zero attached hydrogens (tertiary/aromatic N) is 6. The van der Waals surface area contributed by atoms with Crippen molar-refractivity contribution in [2.24, 2.45) is 0 Å². The summed E-state index contributed by atoms with van der Waals surface area (Å²) in [5, 5.41) is 16.8. The maximum absolute atomic E-state index is 15.8. The minimum Gasteiger partial charge on any atom is -0.366 e. The second-order valence-electron chi connectivity index (χ2n) is 9.97. The third-order valence-electron chi connectivity index (χ3n) is 7.84. The van der Waals surface area contributed by atoms with Gasteiger partial charge in [-0.3, -0.25) is 10.1 Å². The molecule has 4 aromatic heterocycles. The molecule has 2 saturated heterocycles. The number of piperazine rings is 1. The standard InChI is InChI=1S/C29H23FN8/c30-24-13-19(37-16-18-12-20(37)14-33-18)4-5-22(24)26-8-11-32-29-27(21-2-1-3-25-23(21)15-34-35-25)28(36-38(26)29)17-6-9-31-10-7-17/h1-11,13,15,18,20,33H,12,14,16H2,(H,34,35)/t18?,20-/m0/s1. The molecule has 2 fully saturated rings. The molecule has 38 heavy (non-hydrogen) atoms. The van der Waals surface area contributed by atoms with Crippen molar-refractivity contribution in [3.8, 4) is 33.6 Å². The van der Waals surface area contributed by atoms with Crippen LogP contribution in [0.3, 0.4) is 0 Å². The highest BCUT2D eigenvalue weighted by atomic mass is 19.1. The molecule has 0 saturated carbocycles. The summed E-state index contributed by atoms with van der Waals surface area (Å²) in [5.41, 5.74) is 7.10. The molecule has 2 N–H and O–H groups in total. The molecule has 0 spiro atoms. The summed E-state index contributed by atoms with van der Waals surface area (Å²) in [7, 11) is 0. The Morgan fingerprint density at radius 3 is 2.71 bits per heavy atom. The van der Waals surface area contributed by atoms with Crippen LogP contribution in [0.2, 0.25) is 0 Å². The lowest BCUT2D eigenvalue weighted by molar-refractivity contribution is 0.577. The molecule has 0 aliphatic carbocycles. The summed E-state index contributed by atoms with van der Waals surface area (Å²) < 4.78 is 17.5. The predicted octanol–water partition coefficient (Wildman–Crippen LogP) is 4.69. The minimum absolute atomic E-state index is 0.273. The monoisotopic (exact) mass is 502 g/mol. The number of anilines is 1. The third kappa shape index (κ3) is 3.18. The first kappa shape index (κ1) is 21.5. The van der Waals surface area contributed by atoms with Crippen LogP contribution in [0.4, 0.5) is 10.1 Å². The van der Waals surface area contributed by atoms with E-state index in [4.69, 9.17) is 10.1 Å². The van der Waals surface area contributed by atoms with Gasteiger partial charge in [-0.2, -0.15) is 10.2 Å². The van der Waals surface area contributed by atoms with Gasteiger partial charge in [0.25, 0.3) is 0 Å². The molecule has 2 aliphatic rings. The first-order valence-corrected chi connectivity index (χ1v) is 12.7. The van der Waals surface area contributed by atoms with Crippen molar-refractivity contribution >= 4 is 22.2 Å². The minimum atomic E-state index is -0.273. The van der Waals surface area contributed by atoms with Gasteiger partial charge in [-0.05, 0) is 54.4 Å². The number of aromatic nitrogens is 6. The van der Waals surface area contributed by atoms with E-state index in [0.717, 1.165) is 58.5 Å². The summed E-state index contributed by atoms with van der Waals surface area (Å²) in [6.45, 7) is 1.87. The van der Waals surface area contributed by atoms with Crippen molar-refractivity contribution in [1.29, 1.82) is 0 Å². The molecule has 2 atom stereocenters. The first-order chi connectivity index (χ1) is 18.7. The van der Waals surface area contributed by atoms with E-state index >= 15 is 4.39 Å². The van der Waals surface area contributed by atoms with Gasteiger partial charge < -0.3 is 10.2 Å². The molecule has 6 aromatic rings. The molecule has 8 rings (SSSR count). The summed E-state index contributed by atoms with van der Waals surface area (Å²) >= 11 is 0. The predicted molar refractivity (Wildman–Crippen MR) is 144 cm³/mol. The zero-order valence-electron chi connectivity index (χ0n) is 20.3. The number of halogens is 1. The molecule has 2 bridgehead atoms.